The van der Waals surface area contributed by atoms with E-state index in [0.29, 0.717) is 42.0 Å². The monoisotopic (exact) mass is 378 g/mol. The smallest absolute Gasteiger partial charge is 0.341 e. The van der Waals surface area contributed by atoms with Crippen LogP contribution in [0.5, 0.6) is 0 Å². The van der Waals surface area contributed by atoms with Crippen molar-refractivity contribution in [3.05, 3.63) is 45.5 Å². The summed E-state index contributed by atoms with van der Waals surface area (Å²) in [5.74, 6) is 0.318. The highest BCUT2D eigenvalue weighted by atomic mass is 32.1. The number of nitrogens with one attached hydrogen (secondary N) is 1. The lowest BCUT2D eigenvalue weighted by atomic mass is 10.2. The number of furan rings is 1. The van der Waals surface area contributed by atoms with Crippen molar-refractivity contribution < 1.29 is 23.5 Å². The van der Waals surface area contributed by atoms with Gasteiger partial charge in [-0.25, -0.2) is 4.79 Å². The van der Waals surface area contributed by atoms with Crippen LogP contribution in [0.3, 0.4) is 0 Å². The van der Waals surface area contributed by atoms with Gasteiger partial charge in [-0.3, -0.25) is 9.59 Å². The number of esters is 1. The highest BCUT2D eigenvalue weighted by Crippen LogP contribution is 2.17. The summed E-state index contributed by atoms with van der Waals surface area (Å²) in [6.45, 7) is 2.37. The van der Waals surface area contributed by atoms with Crippen LogP contribution in [-0.4, -0.2) is 43.4 Å². The van der Waals surface area contributed by atoms with Gasteiger partial charge < -0.3 is 19.4 Å². The van der Waals surface area contributed by atoms with E-state index in [4.69, 9.17) is 4.42 Å². The molecular formula is C18H22N2O5S. The summed E-state index contributed by atoms with van der Waals surface area (Å²) in [4.78, 5) is 37.1. The molecule has 2 aromatic heterocycles. The Hall–Kier alpha value is -2.61. The third kappa shape index (κ3) is 5.19. The molecule has 0 atom stereocenters. The first kappa shape index (κ1) is 19.7. The van der Waals surface area contributed by atoms with Crippen molar-refractivity contribution in [3.63, 3.8) is 0 Å². The number of methoxy groups -OCH3 is 1. The first-order chi connectivity index (χ1) is 12.4. The molecule has 2 heterocycles. The van der Waals surface area contributed by atoms with Crippen LogP contribution in [0.2, 0.25) is 0 Å². The molecule has 0 aliphatic carbocycles. The van der Waals surface area contributed by atoms with Crippen LogP contribution in [0, 0.1) is 6.92 Å². The van der Waals surface area contributed by atoms with Gasteiger partial charge in [0.2, 0.25) is 5.91 Å². The number of hydrogen-bond acceptors (Lipinski definition) is 6. The Morgan fingerprint density at radius 3 is 2.77 bits per heavy atom. The van der Waals surface area contributed by atoms with Crippen LogP contribution in [0.1, 0.15) is 45.1 Å². The Bertz CT molecular complexity index is 767. The maximum Gasteiger partial charge on any atom is 0.341 e. The highest BCUT2D eigenvalue weighted by Gasteiger charge is 2.18. The van der Waals surface area contributed by atoms with Crippen LogP contribution in [0.15, 0.2) is 27.3 Å². The molecule has 26 heavy (non-hydrogen) atoms. The predicted molar refractivity (Wildman–Crippen MR) is 97.1 cm³/mol. The number of hydrogen-bond donors (Lipinski definition) is 1. The SMILES string of the molecule is COC(=O)c1cc(CN(C)C(=O)CCCNC(=O)c2ccsc2)oc1C. The molecule has 0 saturated carbocycles. The summed E-state index contributed by atoms with van der Waals surface area (Å²) in [7, 11) is 2.98. The molecule has 0 spiro atoms. The Balaban J connectivity index is 1.75. The molecule has 0 bridgehead atoms. The van der Waals surface area contributed by atoms with Gasteiger partial charge in [0.05, 0.1) is 13.7 Å². The second-order valence-corrected chi connectivity index (χ2v) is 6.58. The fraction of sp³-hybridized carbons (Fsp3) is 0.389. The van der Waals surface area contributed by atoms with E-state index in [0.717, 1.165) is 0 Å². The average Bonchev–Trinajstić information content (AvgIpc) is 3.27. The van der Waals surface area contributed by atoms with Gasteiger partial charge in [-0.05, 0) is 30.9 Å². The topological polar surface area (TPSA) is 88.9 Å². The summed E-state index contributed by atoms with van der Waals surface area (Å²) in [6, 6.07) is 3.35. The van der Waals surface area contributed by atoms with Crippen molar-refractivity contribution in [2.75, 3.05) is 20.7 Å². The molecule has 0 aliphatic heterocycles. The molecule has 0 fully saturated rings. The zero-order chi connectivity index (χ0) is 19.1. The van der Waals surface area contributed by atoms with Gasteiger partial charge in [-0.2, -0.15) is 11.3 Å². The molecular weight excluding hydrogens is 356 g/mol. The van der Waals surface area contributed by atoms with Crippen LogP contribution < -0.4 is 5.32 Å². The van der Waals surface area contributed by atoms with Gasteiger partial charge in [0, 0.05) is 31.0 Å². The van der Waals surface area contributed by atoms with Gasteiger partial charge in [0.1, 0.15) is 17.1 Å². The summed E-state index contributed by atoms with van der Waals surface area (Å²) in [5.41, 5.74) is 0.993. The number of carbonyl (C=O) groups is 3. The zero-order valence-electron chi connectivity index (χ0n) is 15.0. The van der Waals surface area contributed by atoms with E-state index in [1.165, 1.54) is 23.3 Å². The molecule has 0 unspecified atom stereocenters. The fourth-order valence-corrected chi connectivity index (χ4v) is 3.02. The Morgan fingerprint density at radius 1 is 1.35 bits per heavy atom. The van der Waals surface area contributed by atoms with Crippen molar-refractivity contribution in [1.82, 2.24) is 10.2 Å². The van der Waals surface area contributed by atoms with Crippen LogP contribution in [-0.2, 0) is 16.1 Å². The first-order valence-electron chi connectivity index (χ1n) is 8.14. The van der Waals surface area contributed by atoms with Gasteiger partial charge in [0.15, 0.2) is 0 Å². The highest BCUT2D eigenvalue weighted by molar-refractivity contribution is 7.08. The molecule has 8 heteroatoms. The van der Waals surface area contributed by atoms with E-state index in [1.54, 1.807) is 31.5 Å². The lowest BCUT2D eigenvalue weighted by Crippen LogP contribution is -2.28. The quantitative estimate of drug-likeness (QED) is 0.563. The Morgan fingerprint density at radius 2 is 2.12 bits per heavy atom. The van der Waals surface area contributed by atoms with Crippen molar-refractivity contribution in [1.29, 1.82) is 0 Å². The maximum atomic E-state index is 12.2. The molecule has 2 aromatic rings. The molecule has 2 amide bonds. The number of aryl methyl sites for hydroxylation is 1. The van der Waals surface area contributed by atoms with Gasteiger partial charge in [-0.15, -0.1) is 0 Å². The maximum absolute atomic E-state index is 12.2. The lowest BCUT2D eigenvalue weighted by molar-refractivity contribution is -0.130. The first-order valence-corrected chi connectivity index (χ1v) is 9.08. The van der Waals surface area contributed by atoms with E-state index in [9.17, 15) is 14.4 Å². The Labute approximate surface area is 155 Å². The third-order valence-corrected chi connectivity index (χ3v) is 4.51. The normalized spacial score (nSPS) is 10.4. The Kier molecular flexibility index (Phi) is 6.97. The minimum atomic E-state index is -0.465. The zero-order valence-corrected chi connectivity index (χ0v) is 15.9. The second-order valence-electron chi connectivity index (χ2n) is 5.80. The average molecular weight is 378 g/mol. The largest absolute Gasteiger partial charge is 0.465 e. The molecule has 2 rings (SSSR count). The number of thiophene rings is 1. The number of ether oxygens (including phenoxy) is 1. The number of amides is 2. The molecule has 0 radical (unpaired) electrons. The summed E-state index contributed by atoms with van der Waals surface area (Å²) < 4.78 is 10.2. The number of carbonyl (C=O) groups excluding carboxylic acids is 3. The minimum absolute atomic E-state index is 0.0662. The lowest BCUT2D eigenvalue weighted by Gasteiger charge is -2.15. The van der Waals surface area contributed by atoms with Crippen molar-refractivity contribution >= 4 is 29.1 Å². The van der Waals surface area contributed by atoms with E-state index in [2.05, 4.69) is 10.1 Å². The van der Waals surface area contributed by atoms with Gasteiger partial charge >= 0.3 is 5.97 Å². The second kappa shape index (κ2) is 9.19. The van der Waals surface area contributed by atoms with Crippen molar-refractivity contribution in [3.8, 4) is 0 Å². The molecule has 1 N–H and O–H groups in total. The molecule has 0 saturated heterocycles. The van der Waals surface area contributed by atoms with E-state index in [1.807, 2.05) is 5.38 Å². The predicted octanol–water partition coefficient (Wildman–Crippen LogP) is 2.60. The van der Waals surface area contributed by atoms with Crippen molar-refractivity contribution in [2.45, 2.75) is 26.3 Å². The van der Waals surface area contributed by atoms with E-state index < -0.39 is 5.97 Å². The van der Waals surface area contributed by atoms with Crippen LogP contribution >= 0.6 is 11.3 Å². The van der Waals surface area contributed by atoms with Crippen LogP contribution in [0.25, 0.3) is 0 Å². The summed E-state index contributed by atoms with van der Waals surface area (Å²) >= 11 is 1.46. The number of rotatable bonds is 8. The molecule has 0 aromatic carbocycles. The minimum Gasteiger partial charge on any atom is -0.465 e. The summed E-state index contributed by atoms with van der Waals surface area (Å²) in [5, 5.41) is 6.41. The van der Waals surface area contributed by atoms with Crippen molar-refractivity contribution in [2.24, 2.45) is 0 Å². The fourth-order valence-electron chi connectivity index (χ4n) is 2.38. The molecule has 7 nitrogen and oxygen atoms in total. The standard InChI is InChI=1S/C18H22N2O5S/c1-12-15(18(23)24-3)9-14(25-12)10-20(2)16(21)5-4-7-19-17(22)13-6-8-26-11-13/h6,8-9,11H,4-5,7,10H2,1-3H3,(H,19,22). The van der Waals surface area contributed by atoms with E-state index in [-0.39, 0.29) is 18.4 Å². The summed E-state index contributed by atoms with van der Waals surface area (Å²) in [6.07, 6.45) is 0.855. The van der Waals surface area contributed by atoms with E-state index >= 15 is 0 Å². The molecule has 0 aliphatic rings. The third-order valence-electron chi connectivity index (χ3n) is 3.83. The van der Waals surface area contributed by atoms with Gasteiger partial charge in [0.25, 0.3) is 5.91 Å². The number of nitrogens with zero attached hydrogens (tertiary/aromatic N) is 1. The van der Waals surface area contributed by atoms with Crippen LogP contribution in [0.4, 0.5) is 0 Å². The van der Waals surface area contributed by atoms with Gasteiger partial charge in [-0.1, -0.05) is 0 Å². The molecule has 140 valence electrons.